The molecule has 204 valence electrons. The van der Waals surface area contributed by atoms with Gasteiger partial charge >= 0.3 is 5.97 Å². The Labute approximate surface area is 233 Å². The lowest BCUT2D eigenvalue weighted by Crippen LogP contribution is -2.15. The summed E-state index contributed by atoms with van der Waals surface area (Å²) in [6, 6.07) is 12.0. The zero-order chi connectivity index (χ0) is 27.8. The van der Waals surface area contributed by atoms with Gasteiger partial charge in [-0.05, 0) is 73.7 Å². The maximum absolute atomic E-state index is 13.7. The smallest absolute Gasteiger partial charge is 0.340 e. The number of carbonyl (C=O) groups excluding carboxylic acids is 1. The van der Waals surface area contributed by atoms with Crippen molar-refractivity contribution in [3.63, 3.8) is 0 Å². The van der Waals surface area contributed by atoms with Crippen molar-refractivity contribution in [3.05, 3.63) is 76.8 Å². The van der Waals surface area contributed by atoms with E-state index in [-0.39, 0.29) is 5.97 Å². The number of carbonyl (C=O) groups is 1. The topological polar surface area (TPSA) is 75.7 Å². The van der Waals surface area contributed by atoms with E-state index in [2.05, 4.69) is 28.6 Å². The molecule has 0 saturated carbocycles. The van der Waals surface area contributed by atoms with Crippen molar-refractivity contribution < 1.29 is 23.4 Å². The fourth-order valence-corrected chi connectivity index (χ4v) is 5.61. The molecule has 7 nitrogen and oxygen atoms in total. The van der Waals surface area contributed by atoms with Crippen molar-refractivity contribution in [1.82, 2.24) is 9.55 Å². The van der Waals surface area contributed by atoms with Crippen LogP contribution in [0.5, 0.6) is 11.5 Å². The second kappa shape index (κ2) is 10.6. The molecule has 2 aliphatic rings. The number of nitrogens with zero attached hydrogens (tertiary/aromatic N) is 2. The van der Waals surface area contributed by atoms with Crippen LogP contribution in [-0.4, -0.2) is 36.3 Å². The van der Waals surface area contributed by atoms with Gasteiger partial charge in [0.15, 0.2) is 17.3 Å². The summed E-state index contributed by atoms with van der Waals surface area (Å²) in [7, 11) is 3.26. The number of benzene rings is 2. The monoisotopic (exact) mass is 536 g/mol. The first-order valence-electron chi connectivity index (χ1n) is 13.6. The van der Waals surface area contributed by atoms with Crippen LogP contribution in [0.2, 0.25) is 0 Å². The van der Waals surface area contributed by atoms with Crippen molar-refractivity contribution in [1.29, 1.82) is 0 Å². The van der Waals surface area contributed by atoms with Crippen LogP contribution in [0.3, 0.4) is 0 Å². The molecule has 0 atom stereocenters. The molecular formula is C33H32N2O5. The molecular weight excluding hydrogens is 504 g/mol. The van der Waals surface area contributed by atoms with Gasteiger partial charge in [-0.2, -0.15) is 0 Å². The van der Waals surface area contributed by atoms with Gasteiger partial charge in [0.2, 0.25) is 5.89 Å². The van der Waals surface area contributed by atoms with Gasteiger partial charge in [0.1, 0.15) is 5.69 Å². The lowest BCUT2D eigenvalue weighted by Gasteiger charge is -2.23. The number of ether oxygens (including phenoxy) is 3. The predicted molar refractivity (Wildman–Crippen MR) is 156 cm³/mol. The molecule has 0 saturated heterocycles. The van der Waals surface area contributed by atoms with Gasteiger partial charge < -0.3 is 23.2 Å². The summed E-state index contributed by atoms with van der Waals surface area (Å²) in [5, 5.41) is 0. The van der Waals surface area contributed by atoms with Crippen molar-refractivity contribution in [2.24, 2.45) is 0 Å². The largest absolute Gasteiger partial charge is 0.493 e. The van der Waals surface area contributed by atoms with Gasteiger partial charge in [-0.3, -0.25) is 0 Å². The summed E-state index contributed by atoms with van der Waals surface area (Å²) in [4.78, 5) is 18.4. The standard InChI is InChI=1S/C33H32N2O5/c1-5-17-39-33(36)30-29(20(2)35-16-15-23-18-27(37-3)28(38-4)19-24(23)31(30)35)21-11-13-22(14-12-21)32-34-25-9-7-6-8-10-26(25)40-32/h7-14,18-19H,5-6,15-17H2,1-4H3. The van der Waals surface area contributed by atoms with Crippen molar-refractivity contribution >= 4 is 18.1 Å². The summed E-state index contributed by atoms with van der Waals surface area (Å²) in [5.74, 6) is 2.31. The Morgan fingerprint density at radius 3 is 2.50 bits per heavy atom. The molecule has 0 amide bonds. The van der Waals surface area contributed by atoms with Gasteiger partial charge in [0.25, 0.3) is 0 Å². The molecule has 0 fully saturated rings. The van der Waals surface area contributed by atoms with Gasteiger partial charge in [0, 0.05) is 28.9 Å². The number of aryl methyl sites for hydroxylation is 1. The first kappa shape index (κ1) is 25.7. The lowest BCUT2D eigenvalue weighted by atomic mass is 9.93. The summed E-state index contributed by atoms with van der Waals surface area (Å²) >= 11 is 0. The number of allylic oxidation sites excluding steroid dienone is 2. The maximum Gasteiger partial charge on any atom is 0.340 e. The maximum atomic E-state index is 13.7. The quantitative estimate of drug-likeness (QED) is 0.230. The van der Waals surface area contributed by atoms with Gasteiger partial charge in [-0.25, -0.2) is 9.78 Å². The minimum absolute atomic E-state index is 0.324. The van der Waals surface area contributed by atoms with E-state index < -0.39 is 0 Å². The van der Waals surface area contributed by atoms with Crippen LogP contribution in [0.1, 0.15) is 52.8 Å². The predicted octanol–water partition coefficient (Wildman–Crippen LogP) is 7.36. The molecule has 1 aliphatic carbocycles. The summed E-state index contributed by atoms with van der Waals surface area (Å²) in [6.45, 7) is 5.17. The third-order valence-electron chi connectivity index (χ3n) is 7.55. The van der Waals surface area contributed by atoms with Gasteiger partial charge in [-0.15, -0.1) is 0 Å². The molecule has 0 N–H and O–H groups in total. The first-order chi connectivity index (χ1) is 19.5. The van der Waals surface area contributed by atoms with Crippen LogP contribution in [0, 0.1) is 6.92 Å². The molecule has 40 heavy (non-hydrogen) atoms. The zero-order valence-corrected chi connectivity index (χ0v) is 23.2. The van der Waals surface area contributed by atoms with Crippen LogP contribution in [0.15, 0.2) is 53.0 Å². The molecule has 0 spiro atoms. The van der Waals surface area contributed by atoms with E-state index in [4.69, 9.17) is 18.6 Å². The summed E-state index contributed by atoms with van der Waals surface area (Å²) in [5.41, 5.74) is 8.03. The second-order valence-electron chi connectivity index (χ2n) is 9.97. The summed E-state index contributed by atoms with van der Waals surface area (Å²) < 4.78 is 25.2. The number of fused-ring (bicyclic) bond motifs is 4. The zero-order valence-electron chi connectivity index (χ0n) is 23.2. The van der Waals surface area contributed by atoms with Crippen LogP contribution in [0.4, 0.5) is 0 Å². The highest BCUT2D eigenvalue weighted by Crippen LogP contribution is 2.45. The fourth-order valence-electron chi connectivity index (χ4n) is 5.61. The minimum atomic E-state index is -0.324. The number of oxazole rings is 1. The average Bonchev–Trinajstić information content (AvgIpc) is 3.44. The Morgan fingerprint density at radius 2 is 1.75 bits per heavy atom. The second-order valence-corrected chi connectivity index (χ2v) is 9.97. The van der Waals surface area contributed by atoms with Crippen LogP contribution in [0.25, 0.3) is 46.0 Å². The highest BCUT2D eigenvalue weighted by molar-refractivity contribution is 6.05. The average molecular weight is 537 g/mol. The van der Waals surface area contributed by atoms with Crippen molar-refractivity contribution in [3.8, 4) is 45.3 Å². The Hall–Kier alpha value is -4.52. The molecule has 1 aliphatic heterocycles. The number of hydrogen-bond donors (Lipinski definition) is 0. The van der Waals surface area contributed by atoms with Crippen molar-refractivity contribution in [2.45, 2.75) is 39.7 Å². The highest BCUT2D eigenvalue weighted by Gasteiger charge is 2.32. The van der Waals surface area contributed by atoms with Crippen LogP contribution >= 0.6 is 0 Å². The third kappa shape index (κ3) is 4.31. The number of esters is 1. The van der Waals surface area contributed by atoms with E-state index in [1.165, 1.54) is 0 Å². The van der Waals surface area contributed by atoms with Gasteiger partial charge in [0.05, 0.1) is 32.1 Å². The Morgan fingerprint density at radius 1 is 1.02 bits per heavy atom. The normalized spacial score (nSPS) is 13.3. The van der Waals surface area contributed by atoms with Gasteiger partial charge in [-0.1, -0.05) is 31.2 Å². The number of rotatable bonds is 7. The van der Waals surface area contributed by atoms with Crippen molar-refractivity contribution in [2.75, 3.05) is 20.8 Å². The molecule has 0 bridgehead atoms. The first-order valence-corrected chi connectivity index (χ1v) is 13.6. The van der Waals surface area contributed by atoms with Crippen LogP contribution < -0.4 is 9.47 Å². The molecule has 0 unspecified atom stereocenters. The van der Waals surface area contributed by atoms with E-state index in [0.29, 0.717) is 29.6 Å². The van der Waals surface area contributed by atoms with E-state index in [9.17, 15) is 4.79 Å². The SMILES string of the molecule is CCCOC(=O)c1c(-c2ccc(-c3nc4c(o3)C=CCC=C4)cc2)c(C)n2c1-c1cc(OC)c(OC)cc1CC2. The molecule has 2 aromatic heterocycles. The van der Waals surface area contributed by atoms with Crippen LogP contribution in [-0.2, 0) is 17.7 Å². The number of aromatic nitrogens is 2. The molecule has 0 radical (unpaired) electrons. The third-order valence-corrected chi connectivity index (χ3v) is 7.55. The highest BCUT2D eigenvalue weighted by atomic mass is 16.5. The Kier molecular flexibility index (Phi) is 6.80. The molecule has 2 aromatic carbocycles. The van der Waals surface area contributed by atoms with E-state index in [0.717, 1.165) is 76.5 Å². The Balaban J connectivity index is 1.48. The lowest BCUT2D eigenvalue weighted by molar-refractivity contribution is 0.0507. The number of methoxy groups -OCH3 is 2. The van der Waals surface area contributed by atoms with E-state index in [1.807, 2.05) is 55.5 Å². The molecule has 7 heteroatoms. The van der Waals surface area contributed by atoms with E-state index >= 15 is 0 Å². The minimum Gasteiger partial charge on any atom is -0.493 e. The molecule has 3 heterocycles. The molecule has 4 aromatic rings. The summed E-state index contributed by atoms with van der Waals surface area (Å²) in [6.07, 6.45) is 10.5. The Bertz CT molecular complexity index is 1620. The number of hydrogen-bond acceptors (Lipinski definition) is 6. The fraction of sp³-hybridized carbons (Fsp3) is 0.273. The van der Waals surface area contributed by atoms with E-state index in [1.54, 1.807) is 14.2 Å². The molecule has 6 rings (SSSR count).